The Labute approximate surface area is 157 Å². The summed E-state index contributed by atoms with van der Waals surface area (Å²) in [5.74, 6) is -0.621. The number of rotatable bonds is 15. The minimum absolute atomic E-state index is 0.0995. The van der Waals surface area contributed by atoms with Gasteiger partial charge in [-0.2, -0.15) is 0 Å². The van der Waals surface area contributed by atoms with Gasteiger partial charge in [-0.25, -0.2) is 4.79 Å². The highest BCUT2D eigenvalue weighted by molar-refractivity contribution is 5.88. The Balaban J connectivity index is 1.86. The van der Waals surface area contributed by atoms with Crippen LogP contribution in [0.4, 0.5) is 0 Å². The second-order valence-corrected chi connectivity index (χ2v) is 6.81. The number of ether oxygens (including phenoxy) is 2. The zero-order chi connectivity index (χ0) is 19.0. The molecule has 2 N–H and O–H groups in total. The van der Waals surface area contributed by atoms with Gasteiger partial charge in [0.1, 0.15) is 18.8 Å². The predicted molar refractivity (Wildman–Crippen MR) is 101 cm³/mol. The minimum Gasteiger partial charge on any atom is -0.461 e. The highest BCUT2D eigenvalue weighted by Gasteiger charge is 2.28. The van der Waals surface area contributed by atoms with E-state index < -0.39 is 18.1 Å². The molecule has 2 unspecified atom stereocenters. The molecule has 0 radical (unpaired) electrons. The molecule has 1 amide bonds. The fraction of sp³-hybridized carbons (Fsp3) is 0.800. The molecule has 0 saturated carbocycles. The summed E-state index contributed by atoms with van der Waals surface area (Å²) in [4.78, 5) is 22.7. The average molecular weight is 370 g/mol. The number of esters is 1. The topological polar surface area (TPSA) is 84.9 Å². The van der Waals surface area contributed by atoms with Crippen LogP contribution in [0.5, 0.6) is 0 Å². The van der Waals surface area contributed by atoms with Crippen LogP contribution in [-0.4, -0.2) is 48.9 Å². The molecule has 0 bridgehead atoms. The first-order valence-electron chi connectivity index (χ1n) is 10.00. The largest absolute Gasteiger partial charge is 0.461 e. The highest BCUT2D eigenvalue weighted by Crippen LogP contribution is 2.09. The van der Waals surface area contributed by atoms with E-state index in [4.69, 9.17) is 9.47 Å². The second kappa shape index (κ2) is 14.7. The molecule has 2 atom stereocenters. The fourth-order valence-electron chi connectivity index (χ4n) is 2.80. The third kappa shape index (κ3) is 11.3. The summed E-state index contributed by atoms with van der Waals surface area (Å²) < 4.78 is 10.4. The lowest BCUT2D eigenvalue weighted by molar-refractivity contribution is -0.150. The van der Waals surface area contributed by atoms with E-state index >= 15 is 0 Å². The molecule has 0 aromatic rings. The van der Waals surface area contributed by atoms with Crippen LogP contribution >= 0.6 is 0 Å². The maximum Gasteiger partial charge on any atom is 0.328 e. The number of allylic oxidation sites excluding steroid dienone is 2. The summed E-state index contributed by atoms with van der Waals surface area (Å²) in [6.45, 7) is 2.83. The Bertz CT molecular complexity index is 424. The van der Waals surface area contributed by atoms with Crippen LogP contribution in [0.15, 0.2) is 12.2 Å². The number of hydrogen-bond acceptors (Lipinski definition) is 5. The molecular formula is C20H35NO5. The molecule has 1 aliphatic rings. The van der Waals surface area contributed by atoms with Gasteiger partial charge in [0, 0.05) is 13.0 Å². The van der Waals surface area contributed by atoms with Crippen LogP contribution in [0, 0.1) is 0 Å². The second-order valence-electron chi connectivity index (χ2n) is 6.81. The summed E-state index contributed by atoms with van der Waals surface area (Å²) in [7, 11) is 0. The van der Waals surface area contributed by atoms with E-state index in [1.165, 1.54) is 32.1 Å². The van der Waals surface area contributed by atoms with E-state index in [2.05, 4.69) is 24.4 Å². The maximum absolute atomic E-state index is 11.7. The Morgan fingerprint density at radius 2 is 1.92 bits per heavy atom. The smallest absolute Gasteiger partial charge is 0.328 e. The molecule has 1 saturated heterocycles. The van der Waals surface area contributed by atoms with Gasteiger partial charge in [0.05, 0.1) is 6.61 Å². The van der Waals surface area contributed by atoms with Crippen molar-refractivity contribution in [3.8, 4) is 0 Å². The summed E-state index contributed by atoms with van der Waals surface area (Å²) >= 11 is 0. The lowest BCUT2D eigenvalue weighted by Crippen LogP contribution is -2.36. The predicted octanol–water partition coefficient (Wildman–Crippen LogP) is 2.88. The quantitative estimate of drug-likeness (QED) is 0.263. The van der Waals surface area contributed by atoms with E-state index in [1.807, 2.05) is 0 Å². The molecule has 1 heterocycles. The minimum atomic E-state index is -0.827. The van der Waals surface area contributed by atoms with Gasteiger partial charge in [0.15, 0.2) is 0 Å². The molecule has 0 spiro atoms. The van der Waals surface area contributed by atoms with Crippen LogP contribution in [-0.2, 0) is 19.1 Å². The summed E-state index contributed by atoms with van der Waals surface area (Å²) in [6, 6.07) is -0.571. The van der Waals surface area contributed by atoms with Crippen molar-refractivity contribution in [1.29, 1.82) is 0 Å². The molecule has 6 heteroatoms. The Morgan fingerprint density at radius 1 is 1.19 bits per heavy atom. The van der Waals surface area contributed by atoms with Gasteiger partial charge in [-0.1, -0.05) is 44.8 Å². The maximum atomic E-state index is 11.7. The summed E-state index contributed by atoms with van der Waals surface area (Å²) in [5.41, 5.74) is 0. The molecular weight excluding hydrogens is 334 g/mol. The average Bonchev–Trinajstić information content (AvgIpc) is 3.07. The number of carbonyl (C=O) groups is 2. The van der Waals surface area contributed by atoms with Crippen LogP contribution < -0.4 is 5.32 Å². The zero-order valence-corrected chi connectivity index (χ0v) is 16.1. The van der Waals surface area contributed by atoms with Gasteiger partial charge in [-0.05, 0) is 32.1 Å². The third-order valence-electron chi connectivity index (χ3n) is 4.32. The molecule has 1 rings (SSSR count). The van der Waals surface area contributed by atoms with Crippen molar-refractivity contribution >= 4 is 11.9 Å². The molecule has 6 nitrogen and oxygen atoms in total. The van der Waals surface area contributed by atoms with Gasteiger partial charge in [0.25, 0.3) is 0 Å². The van der Waals surface area contributed by atoms with Gasteiger partial charge >= 0.3 is 5.97 Å². The first-order chi connectivity index (χ1) is 12.6. The lowest BCUT2D eigenvalue weighted by Gasteiger charge is -2.14. The monoisotopic (exact) mass is 369 g/mol. The number of hydrogen-bond donors (Lipinski definition) is 2. The van der Waals surface area contributed by atoms with Crippen molar-refractivity contribution in [3.63, 3.8) is 0 Å². The van der Waals surface area contributed by atoms with E-state index in [1.54, 1.807) is 0 Å². The van der Waals surface area contributed by atoms with Crippen LogP contribution in [0.2, 0.25) is 0 Å². The van der Waals surface area contributed by atoms with E-state index in [0.29, 0.717) is 19.4 Å². The zero-order valence-electron chi connectivity index (χ0n) is 16.1. The standard InChI is InChI=1S/C20H35NO5/c1-2-3-4-5-6-7-8-9-10-11-14-25-15-17(22)16-26-20(24)18-12-13-19(23)21-18/h3-4,17-18,22H,2,5-16H2,1H3,(H,21,23). The van der Waals surface area contributed by atoms with Gasteiger partial charge in [-0.15, -0.1) is 0 Å². The number of aliphatic hydroxyl groups excluding tert-OH is 1. The molecule has 150 valence electrons. The van der Waals surface area contributed by atoms with Crippen molar-refractivity contribution in [1.82, 2.24) is 5.32 Å². The van der Waals surface area contributed by atoms with E-state index in [-0.39, 0.29) is 19.1 Å². The van der Waals surface area contributed by atoms with Crippen LogP contribution in [0.25, 0.3) is 0 Å². The van der Waals surface area contributed by atoms with Crippen molar-refractivity contribution in [2.45, 2.75) is 83.3 Å². The number of carbonyl (C=O) groups excluding carboxylic acids is 2. The molecule has 1 fully saturated rings. The Kier molecular flexibility index (Phi) is 12.8. The van der Waals surface area contributed by atoms with Crippen molar-refractivity contribution in [3.05, 3.63) is 12.2 Å². The van der Waals surface area contributed by atoms with E-state index in [9.17, 15) is 14.7 Å². The van der Waals surface area contributed by atoms with Crippen LogP contribution in [0.1, 0.15) is 71.1 Å². The first kappa shape index (κ1) is 22.6. The molecule has 1 aliphatic heterocycles. The molecule has 0 aromatic heterocycles. The van der Waals surface area contributed by atoms with Crippen molar-refractivity contribution in [2.75, 3.05) is 19.8 Å². The van der Waals surface area contributed by atoms with Gasteiger partial charge < -0.3 is 19.9 Å². The van der Waals surface area contributed by atoms with Crippen molar-refractivity contribution in [2.24, 2.45) is 0 Å². The number of nitrogens with one attached hydrogen (secondary N) is 1. The van der Waals surface area contributed by atoms with Crippen LogP contribution in [0.3, 0.4) is 0 Å². The SMILES string of the molecule is CCC=CCCCCCCCCOCC(O)COC(=O)C1CCC(=O)N1. The van der Waals surface area contributed by atoms with E-state index in [0.717, 1.165) is 19.3 Å². The highest BCUT2D eigenvalue weighted by atomic mass is 16.5. The summed E-state index contributed by atoms with van der Waals surface area (Å²) in [5, 5.41) is 12.3. The summed E-state index contributed by atoms with van der Waals surface area (Å²) in [6.07, 6.45) is 13.9. The normalized spacial score (nSPS) is 18.2. The molecule has 0 aliphatic carbocycles. The molecule has 0 aromatic carbocycles. The third-order valence-corrected chi connectivity index (χ3v) is 4.32. The van der Waals surface area contributed by atoms with Gasteiger partial charge in [-0.3, -0.25) is 4.79 Å². The molecule has 26 heavy (non-hydrogen) atoms. The fourth-order valence-corrected chi connectivity index (χ4v) is 2.80. The first-order valence-corrected chi connectivity index (χ1v) is 10.00. The number of amides is 1. The Morgan fingerprint density at radius 3 is 2.62 bits per heavy atom. The van der Waals surface area contributed by atoms with Gasteiger partial charge in [0.2, 0.25) is 5.91 Å². The van der Waals surface area contributed by atoms with Crippen molar-refractivity contribution < 1.29 is 24.2 Å². The Hall–Kier alpha value is -1.40. The lowest BCUT2D eigenvalue weighted by atomic mass is 10.1. The number of unbranched alkanes of at least 4 members (excludes halogenated alkanes) is 6. The number of aliphatic hydroxyl groups is 1.